The molecule has 1 N–H and O–H groups in total. The summed E-state index contributed by atoms with van der Waals surface area (Å²) in [6, 6.07) is 1.99. The third-order valence-electron chi connectivity index (χ3n) is 3.62. The molecule has 1 unspecified atom stereocenters. The quantitative estimate of drug-likeness (QED) is 0.930. The molecule has 6 nitrogen and oxygen atoms in total. The van der Waals surface area contributed by atoms with Crippen molar-refractivity contribution in [3.8, 4) is 0 Å². The highest BCUT2D eigenvalue weighted by Crippen LogP contribution is 2.25. The van der Waals surface area contributed by atoms with Gasteiger partial charge in [-0.2, -0.15) is 11.3 Å². The van der Waals surface area contributed by atoms with E-state index in [0.29, 0.717) is 31.9 Å². The standard InChI is InChI=1S/C15H18N4O2S/c1-16-15-14(17-3-4-18-15)12-9-19(5-6-21-12)13(20)8-11-2-7-22-10-11/h2-4,7,10,12H,5-6,8-9H2,1H3,(H,16,18). The molecule has 3 rings (SSSR count). The lowest BCUT2D eigenvalue weighted by molar-refractivity contribution is -0.138. The van der Waals surface area contributed by atoms with Gasteiger partial charge in [-0.1, -0.05) is 0 Å². The number of anilines is 1. The molecule has 0 aromatic carbocycles. The van der Waals surface area contributed by atoms with Gasteiger partial charge < -0.3 is 15.0 Å². The van der Waals surface area contributed by atoms with Crippen molar-refractivity contribution in [2.24, 2.45) is 0 Å². The highest BCUT2D eigenvalue weighted by Gasteiger charge is 2.28. The zero-order chi connectivity index (χ0) is 15.4. The molecule has 1 saturated heterocycles. The Balaban J connectivity index is 1.70. The first-order chi connectivity index (χ1) is 10.8. The Morgan fingerprint density at radius 3 is 3.14 bits per heavy atom. The average Bonchev–Trinajstić information content (AvgIpc) is 3.08. The van der Waals surface area contributed by atoms with Crippen molar-refractivity contribution >= 4 is 23.1 Å². The molecule has 0 saturated carbocycles. The molecule has 0 radical (unpaired) electrons. The average molecular weight is 318 g/mol. The summed E-state index contributed by atoms with van der Waals surface area (Å²) < 4.78 is 5.79. The number of aromatic nitrogens is 2. The topological polar surface area (TPSA) is 67.4 Å². The molecular weight excluding hydrogens is 300 g/mol. The van der Waals surface area contributed by atoms with E-state index < -0.39 is 0 Å². The number of carbonyl (C=O) groups excluding carboxylic acids is 1. The van der Waals surface area contributed by atoms with Gasteiger partial charge >= 0.3 is 0 Å². The van der Waals surface area contributed by atoms with Crippen LogP contribution in [0.3, 0.4) is 0 Å². The lowest BCUT2D eigenvalue weighted by atomic mass is 10.1. The normalized spacial score (nSPS) is 18.2. The maximum absolute atomic E-state index is 12.4. The minimum Gasteiger partial charge on any atom is -0.372 e. The first kappa shape index (κ1) is 14.9. The number of hydrogen-bond acceptors (Lipinski definition) is 6. The number of nitrogens with one attached hydrogen (secondary N) is 1. The number of carbonyl (C=O) groups is 1. The first-order valence-corrected chi connectivity index (χ1v) is 8.11. The molecule has 3 heterocycles. The van der Waals surface area contributed by atoms with Gasteiger partial charge in [-0.3, -0.25) is 9.78 Å². The Kier molecular flexibility index (Phi) is 4.65. The fourth-order valence-corrected chi connectivity index (χ4v) is 3.17. The third kappa shape index (κ3) is 3.26. The molecule has 1 atom stereocenters. The summed E-state index contributed by atoms with van der Waals surface area (Å²) in [5.74, 6) is 0.821. The van der Waals surface area contributed by atoms with Crippen molar-refractivity contribution in [1.29, 1.82) is 0 Å². The van der Waals surface area contributed by atoms with E-state index in [4.69, 9.17) is 4.74 Å². The van der Waals surface area contributed by atoms with E-state index in [1.807, 2.05) is 21.7 Å². The van der Waals surface area contributed by atoms with Crippen molar-refractivity contribution in [2.45, 2.75) is 12.5 Å². The van der Waals surface area contributed by atoms with Crippen LogP contribution in [0.15, 0.2) is 29.2 Å². The second-order valence-electron chi connectivity index (χ2n) is 5.05. The highest BCUT2D eigenvalue weighted by molar-refractivity contribution is 7.07. The van der Waals surface area contributed by atoms with Gasteiger partial charge in [-0.25, -0.2) is 4.98 Å². The van der Waals surface area contributed by atoms with E-state index in [9.17, 15) is 4.79 Å². The zero-order valence-corrected chi connectivity index (χ0v) is 13.2. The van der Waals surface area contributed by atoms with E-state index in [0.717, 1.165) is 11.3 Å². The summed E-state index contributed by atoms with van der Waals surface area (Å²) in [7, 11) is 1.80. The van der Waals surface area contributed by atoms with E-state index in [1.54, 1.807) is 30.8 Å². The summed E-state index contributed by atoms with van der Waals surface area (Å²) in [5.41, 5.74) is 1.81. The van der Waals surface area contributed by atoms with Crippen LogP contribution in [-0.4, -0.2) is 47.5 Å². The minimum absolute atomic E-state index is 0.126. The molecule has 1 fully saturated rings. The summed E-state index contributed by atoms with van der Waals surface area (Å²) in [4.78, 5) is 22.9. The van der Waals surface area contributed by atoms with Crippen LogP contribution in [0.2, 0.25) is 0 Å². The number of hydrogen-bond donors (Lipinski definition) is 1. The van der Waals surface area contributed by atoms with Crippen LogP contribution in [0.1, 0.15) is 17.4 Å². The number of morpholine rings is 1. The number of thiophene rings is 1. The van der Waals surface area contributed by atoms with Gasteiger partial charge in [0.25, 0.3) is 0 Å². The van der Waals surface area contributed by atoms with E-state index in [1.165, 1.54) is 0 Å². The molecule has 1 aliphatic rings. The zero-order valence-electron chi connectivity index (χ0n) is 12.4. The van der Waals surface area contributed by atoms with Crippen molar-refractivity contribution in [2.75, 3.05) is 32.1 Å². The van der Waals surface area contributed by atoms with Crippen molar-refractivity contribution in [1.82, 2.24) is 14.9 Å². The van der Waals surface area contributed by atoms with E-state index >= 15 is 0 Å². The van der Waals surface area contributed by atoms with Gasteiger partial charge in [0.05, 0.1) is 19.6 Å². The van der Waals surface area contributed by atoms with Gasteiger partial charge in [0.15, 0.2) is 0 Å². The first-order valence-electron chi connectivity index (χ1n) is 7.17. The van der Waals surface area contributed by atoms with Crippen LogP contribution in [0, 0.1) is 0 Å². The van der Waals surface area contributed by atoms with Crippen LogP contribution in [0.4, 0.5) is 5.82 Å². The highest BCUT2D eigenvalue weighted by atomic mass is 32.1. The van der Waals surface area contributed by atoms with Crippen LogP contribution in [0.5, 0.6) is 0 Å². The fourth-order valence-electron chi connectivity index (χ4n) is 2.50. The Labute approximate surface area is 133 Å². The van der Waals surface area contributed by atoms with Crippen LogP contribution in [0.25, 0.3) is 0 Å². The van der Waals surface area contributed by atoms with Crippen LogP contribution in [-0.2, 0) is 16.0 Å². The van der Waals surface area contributed by atoms with Gasteiger partial charge in [0.1, 0.15) is 17.6 Å². The Morgan fingerprint density at radius 1 is 1.50 bits per heavy atom. The van der Waals surface area contributed by atoms with Gasteiger partial charge in [0.2, 0.25) is 5.91 Å². The van der Waals surface area contributed by atoms with Gasteiger partial charge in [-0.15, -0.1) is 0 Å². The van der Waals surface area contributed by atoms with E-state index in [-0.39, 0.29) is 12.0 Å². The molecule has 0 aliphatic carbocycles. The Hall–Kier alpha value is -1.99. The number of ether oxygens (including phenoxy) is 1. The summed E-state index contributed by atoms with van der Waals surface area (Å²) in [6.45, 7) is 1.64. The fraction of sp³-hybridized carbons (Fsp3) is 0.400. The van der Waals surface area contributed by atoms with Gasteiger partial charge in [0, 0.05) is 26.0 Å². The van der Waals surface area contributed by atoms with Gasteiger partial charge in [-0.05, 0) is 22.4 Å². The molecule has 0 bridgehead atoms. The molecule has 2 aromatic rings. The lowest BCUT2D eigenvalue weighted by Gasteiger charge is -2.33. The predicted octanol–water partition coefficient (Wildman–Crippen LogP) is 1.72. The lowest BCUT2D eigenvalue weighted by Crippen LogP contribution is -2.43. The van der Waals surface area contributed by atoms with Crippen molar-refractivity contribution < 1.29 is 9.53 Å². The Bertz CT molecular complexity index is 632. The molecule has 1 aliphatic heterocycles. The van der Waals surface area contributed by atoms with Crippen LogP contribution < -0.4 is 5.32 Å². The Morgan fingerprint density at radius 2 is 2.36 bits per heavy atom. The third-order valence-corrected chi connectivity index (χ3v) is 4.35. The molecule has 2 aromatic heterocycles. The second-order valence-corrected chi connectivity index (χ2v) is 5.83. The molecule has 1 amide bonds. The second kappa shape index (κ2) is 6.85. The SMILES string of the molecule is CNc1nccnc1C1CN(C(=O)Cc2ccsc2)CCO1. The maximum atomic E-state index is 12.4. The molecular formula is C15H18N4O2S. The molecule has 116 valence electrons. The smallest absolute Gasteiger partial charge is 0.227 e. The predicted molar refractivity (Wildman–Crippen MR) is 84.9 cm³/mol. The minimum atomic E-state index is -0.240. The van der Waals surface area contributed by atoms with E-state index in [2.05, 4.69) is 15.3 Å². The summed E-state index contributed by atoms with van der Waals surface area (Å²) in [5, 5.41) is 7.02. The monoisotopic (exact) mass is 318 g/mol. The summed E-state index contributed by atoms with van der Waals surface area (Å²) >= 11 is 1.61. The maximum Gasteiger partial charge on any atom is 0.227 e. The largest absolute Gasteiger partial charge is 0.372 e. The number of rotatable bonds is 4. The molecule has 0 spiro atoms. The summed E-state index contributed by atoms with van der Waals surface area (Å²) in [6.07, 6.45) is 3.48. The number of amides is 1. The molecule has 7 heteroatoms. The van der Waals surface area contributed by atoms with Crippen molar-refractivity contribution in [3.05, 3.63) is 40.5 Å². The van der Waals surface area contributed by atoms with Crippen LogP contribution >= 0.6 is 11.3 Å². The number of nitrogens with zero attached hydrogens (tertiary/aromatic N) is 3. The molecule has 22 heavy (non-hydrogen) atoms. The van der Waals surface area contributed by atoms with Crippen molar-refractivity contribution in [3.63, 3.8) is 0 Å².